The second-order valence-electron chi connectivity index (χ2n) is 8.88. The van der Waals surface area contributed by atoms with Crippen LogP contribution in [0.25, 0.3) is 0 Å². The van der Waals surface area contributed by atoms with Gasteiger partial charge in [0.2, 0.25) is 0 Å². The Bertz CT molecular complexity index is 814. The van der Waals surface area contributed by atoms with Gasteiger partial charge in [-0.15, -0.1) is 0 Å². The van der Waals surface area contributed by atoms with Gasteiger partial charge < -0.3 is 8.92 Å². The van der Waals surface area contributed by atoms with Crippen LogP contribution in [0.2, 0.25) is 0 Å². The summed E-state index contributed by atoms with van der Waals surface area (Å²) in [6.07, 6.45) is 3.92. The normalized spacial score (nSPS) is 25.0. The van der Waals surface area contributed by atoms with Crippen LogP contribution in [-0.2, 0) is 24.0 Å². The maximum Gasteiger partial charge on any atom is 0.387 e. The molecule has 0 radical (unpaired) electrons. The van der Waals surface area contributed by atoms with Crippen molar-refractivity contribution in [3.63, 3.8) is 0 Å². The Kier molecular flexibility index (Phi) is 7.03. The second-order valence-corrected chi connectivity index (χ2v) is 11.3. The molecule has 9 heteroatoms. The van der Waals surface area contributed by atoms with Crippen LogP contribution in [0.15, 0.2) is 22.8 Å². The predicted molar refractivity (Wildman–Crippen MR) is 112 cm³/mol. The fourth-order valence-electron chi connectivity index (χ4n) is 3.84. The second kappa shape index (κ2) is 8.99. The minimum atomic E-state index is -4.08. The van der Waals surface area contributed by atoms with Gasteiger partial charge in [0.1, 0.15) is 0 Å². The molecule has 3 rings (SSSR count). The van der Waals surface area contributed by atoms with Crippen LogP contribution in [0.1, 0.15) is 58.1 Å². The van der Waals surface area contributed by atoms with Gasteiger partial charge in [0, 0.05) is 42.0 Å². The lowest BCUT2D eigenvalue weighted by Gasteiger charge is -2.37. The monoisotopic (exact) mass is 488 g/mol. The van der Waals surface area contributed by atoms with E-state index in [2.05, 4.69) is 20.9 Å². The van der Waals surface area contributed by atoms with Crippen molar-refractivity contribution in [3.8, 4) is 0 Å². The van der Waals surface area contributed by atoms with Gasteiger partial charge in [-0.2, -0.15) is 12.7 Å². The molecule has 2 atom stereocenters. The molecule has 0 bridgehead atoms. The summed E-state index contributed by atoms with van der Waals surface area (Å²) in [5, 5.41) is 0. The van der Waals surface area contributed by atoms with Gasteiger partial charge in [0.25, 0.3) is 0 Å². The zero-order valence-electron chi connectivity index (χ0n) is 17.1. The molecule has 29 heavy (non-hydrogen) atoms. The number of hydrogen-bond donors (Lipinski definition) is 0. The summed E-state index contributed by atoms with van der Waals surface area (Å²) >= 11 is 3.37. The topological polar surface area (TPSA) is 85.8 Å². The molecule has 1 aromatic heterocycles. The molecule has 0 aliphatic carbocycles. The summed E-state index contributed by atoms with van der Waals surface area (Å²) < 4.78 is 38.2. The Balaban J connectivity index is 1.56. The van der Waals surface area contributed by atoms with Gasteiger partial charge in [-0.05, 0) is 59.2 Å². The van der Waals surface area contributed by atoms with E-state index in [0.29, 0.717) is 45.4 Å². The van der Waals surface area contributed by atoms with Crippen molar-refractivity contribution < 1.29 is 22.1 Å². The van der Waals surface area contributed by atoms with E-state index in [-0.39, 0.29) is 17.4 Å². The maximum atomic E-state index is 12.6. The molecule has 0 saturated carbocycles. The summed E-state index contributed by atoms with van der Waals surface area (Å²) in [5.41, 5.74) is 0.846. The number of piperidine rings is 1. The third kappa shape index (κ3) is 5.77. The first-order chi connectivity index (χ1) is 13.6. The minimum Gasteiger partial charge on any atom is -0.378 e. The number of carbonyl (C=O) groups is 1. The highest BCUT2D eigenvalue weighted by atomic mass is 79.9. The van der Waals surface area contributed by atoms with E-state index in [9.17, 15) is 13.2 Å². The fraction of sp³-hybridized carbons (Fsp3) is 0.700. The number of pyridine rings is 1. The number of carbonyl (C=O) groups excluding carboxylic acids is 1. The van der Waals surface area contributed by atoms with E-state index in [1.165, 1.54) is 4.31 Å². The highest BCUT2D eigenvalue weighted by Gasteiger charge is 2.38. The SMILES string of the molecule is CC(C)(C)C1CC(C(=O)OS(=O)(=O)N2CCC(c3ccc(Br)cn3)CC2)CCO1. The molecule has 0 aromatic carbocycles. The zero-order chi connectivity index (χ0) is 21.2. The van der Waals surface area contributed by atoms with Crippen molar-refractivity contribution >= 4 is 32.2 Å². The van der Waals surface area contributed by atoms with Crippen molar-refractivity contribution in [2.45, 2.75) is 58.5 Å². The molecule has 2 fully saturated rings. The van der Waals surface area contributed by atoms with Crippen molar-refractivity contribution in [1.82, 2.24) is 9.29 Å². The quantitative estimate of drug-likeness (QED) is 0.642. The predicted octanol–water partition coefficient (Wildman–Crippen LogP) is 3.65. The van der Waals surface area contributed by atoms with Crippen LogP contribution in [-0.4, -0.2) is 49.5 Å². The molecule has 0 spiro atoms. The number of ether oxygens (including phenoxy) is 1. The zero-order valence-corrected chi connectivity index (χ0v) is 19.5. The van der Waals surface area contributed by atoms with E-state index in [1.807, 2.05) is 32.9 Å². The summed E-state index contributed by atoms with van der Waals surface area (Å²) in [7, 11) is -4.08. The molecule has 3 heterocycles. The van der Waals surface area contributed by atoms with Crippen LogP contribution in [0.3, 0.4) is 0 Å². The highest BCUT2D eigenvalue weighted by molar-refractivity contribution is 9.10. The van der Waals surface area contributed by atoms with E-state index >= 15 is 0 Å². The van der Waals surface area contributed by atoms with Crippen LogP contribution in [0.5, 0.6) is 0 Å². The third-order valence-corrected chi connectivity index (χ3v) is 7.55. The lowest BCUT2D eigenvalue weighted by Crippen LogP contribution is -2.43. The Morgan fingerprint density at radius 2 is 1.93 bits per heavy atom. The van der Waals surface area contributed by atoms with Gasteiger partial charge in [0.15, 0.2) is 0 Å². The van der Waals surface area contributed by atoms with Crippen LogP contribution in [0, 0.1) is 11.3 Å². The Morgan fingerprint density at radius 1 is 1.24 bits per heavy atom. The lowest BCUT2D eigenvalue weighted by atomic mass is 9.81. The van der Waals surface area contributed by atoms with Crippen molar-refractivity contribution in [2.24, 2.45) is 11.3 Å². The van der Waals surface area contributed by atoms with Gasteiger partial charge in [-0.25, -0.2) is 0 Å². The van der Waals surface area contributed by atoms with E-state index < -0.39 is 22.2 Å². The van der Waals surface area contributed by atoms with E-state index in [1.54, 1.807) is 6.20 Å². The summed E-state index contributed by atoms with van der Waals surface area (Å²) in [5.74, 6) is -0.917. The number of hydrogen-bond acceptors (Lipinski definition) is 6. The van der Waals surface area contributed by atoms with Crippen molar-refractivity contribution in [1.29, 1.82) is 0 Å². The first-order valence-electron chi connectivity index (χ1n) is 10.0. The standard InChI is InChI=1S/C20H29BrN2O5S/c1-20(2,3)18-12-15(8-11-27-18)19(24)28-29(25,26)23-9-6-14(7-10-23)17-5-4-16(21)13-22-17/h4-5,13-15,18H,6-12H2,1-3H3. The van der Waals surface area contributed by atoms with Gasteiger partial charge in [-0.1, -0.05) is 20.8 Å². The van der Waals surface area contributed by atoms with Crippen LogP contribution < -0.4 is 0 Å². The molecule has 2 aliphatic heterocycles. The smallest absolute Gasteiger partial charge is 0.378 e. The van der Waals surface area contributed by atoms with Gasteiger partial charge in [0.05, 0.1) is 12.0 Å². The number of aromatic nitrogens is 1. The molecule has 2 unspecified atom stereocenters. The summed E-state index contributed by atoms with van der Waals surface area (Å²) in [4.78, 5) is 17.0. The van der Waals surface area contributed by atoms with E-state index in [4.69, 9.17) is 8.92 Å². The Hall–Kier alpha value is -1.03. The first-order valence-corrected chi connectivity index (χ1v) is 12.2. The largest absolute Gasteiger partial charge is 0.387 e. The molecule has 0 amide bonds. The lowest BCUT2D eigenvalue weighted by molar-refractivity contribution is -0.147. The molecular formula is C20H29BrN2O5S. The van der Waals surface area contributed by atoms with Gasteiger partial charge in [-0.3, -0.25) is 9.78 Å². The molecule has 1 aromatic rings. The molecule has 2 saturated heterocycles. The Morgan fingerprint density at radius 3 is 2.52 bits per heavy atom. The molecule has 0 N–H and O–H groups in total. The van der Waals surface area contributed by atoms with Crippen LogP contribution >= 0.6 is 15.9 Å². The summed E-state index contributed by atoms with van der Waals surface area (Å²) in [6, 6.07) is 3.89. The first kappa shape index (κ1) is 22.7. The molecule has 162 valence electrons. The van der Waals surface area contributed by atoms with Crippen molar-refractivity contribution in [2.75, 3.05) is 19.7 Å². The highest BCUT2D eigenvalue weighted by Crippen LogP contribution is 2.34. The maximum absolute atomic E-state index is 12.6. The van der Waals surface area contributed by atoms with Crippen LogP contribution in [0.4, 0.5) is 0 Å². The van der Waals surface area contributed by atoms with Crippen molar-refractivity contribution in [3.05, 3.63) is 28.5 Å². The minimum absolute atomic E-state index is 0.0920. The fourth-order valence-corrected chi connectivity index (χ4v) is 5.18. The van der Waals surface area contributed by atoms with Gasteiger partial charge >= 0.3 is 16.3 Å². The number of halogens is 1. The summed E-state index contributed by atoms with van der Waals surface area (Å²) in [6.45, 7) is 7.21. The molecule has 2 aliphatic rings. The molecular weight excluding hydrogens is 460 g/mol. The average molecular weight is 489 g/mol. The number of rotatable bonds is 4. The van der Waals surface area contributed by atoms with E-state index in [0.717, 1.165) is 10.2 Å². The molecule has 7 nitrogen and oxygen atoms in total. The Labute approximate surface area is 181 Å². The third-order valence-electron chi connectivity index (χ3n) is 5.71. The average Bonchev–Trinajstić information content (AvgIpc) is 2.68. The number of nitrogens with zero attached hydrogens (tertiary/aromatic N) is 2.